The third-order valence-corrected chi connectivity index (χ3v) is 10.3. The topological polar surface area (TPSA) is 127 Å². The van der Waals surface area contributed by atoms with E-state index in [0.717, 1.165) is 69.3 Å². The van der Waals surface area contributed by atoms with Crippen molar-refractivity contribution in [3.05, 3.63) is 94.8 Å². The number of halogens is 2. The molecule has 2 aromatic carbocycles. The van der Waals surface area contributed by atoms with Crippen molar-refractivity contribution in [2.45, 2.75) is 38.6 Å². The van der Waals surface area contributed by atoms with Crippen LogP contribution in [0.4, 0.5) is 14.5 Å². The lowest BCUT2D eigenvalue weighted by Crippen LogP contribution is -2.56. The molecule has 8 rings (SSSR count). The van der Waals surface area contributed by atoms with Gasteiger partial charge in [-0.2, -0.15) is 0 Å². The first-order valence-electron chi connectivity index (χ1n) is 17.5. The van der Waals surface area contributed by atoms with Gasteiger partial charge in [0.15, 0.2) is 0 Å². The van der Waals surface area contributed by atoms with Crippen molar-refractivity contribution >= 4 is 22.6 Å². The summed E-state index contributed by atoms with van der Waals surface area (Å²) in [5.74, 6) is -2.27. The van der Waals surface area contributed by atoms with E-state index in [0.29, 0.717) is 33.9 Å². The number of anilines is 1. The van der Waals surface area contributed by atoms with Crippen molar-refractivity contribution in [3.63, 3.8) is 0 Å². The zero-order valence-corrected chi connectivity index (χ0v) is 29.0. The van der Waals surface area contributed by atoms with E-state index in [1.165, 1.54) is 30.9 Å². The van der Waals surface area contributed by atoms with E-state index in [1.807, 2.05) is 18.3 Å². The van der Waals surface area contributed by atoms with Crippen molar-refractivity contribution in [1.82, 2.24) is 24.8 Å². The first-order valence-corrected chi connectivity index (χ1v) is 17.5. The lowest BCUT2D eigenvalue weighted by Gasteiger charge is -2.42. The van der Waals surface area contributed by atoms with Crippen LogP contribution in [0.5, 0.6) is 5.75 Å². The summed E-state index contributed by atoms with van der Waals surface area (Å²) in [7, 11) is 0. The van der Waals surface area contributed by atoms with Crippen molar-refractivity contribution in [2.75, 3.05) is 57.4 Å². The molecule has 0 spiro atoms. The van der Waals surface area contributed by atoms with Crippen molar-refractivity contribution in [1.29, 1.82) is 0 Å². The van der Waals surface area contributed by atoms with Gasteiger partial charge in [0, 0.05) is 56.1 Å². The molecule has 52 heavy (non-hydrogen) atoms. The average Bonchev–Trinajstić information content (AvgIpc) is 3.46. The summed E-state index contributed by atoms with van der Waals surface area (Å²) in [6.07, 6.45) is 3.48. The first-order chi connectivity index (χ1) is 25.1. The molecular weight excluding hydrogens is 670 g/mol. The fourth-order valence-electron chi connectivity index (χ4n) is 7.29. The number of benzene rings is 2. The van der Waals surface area contributed by atoms with Crippen LogP contribution in [-0.4, -0.2) is 99.5 Å². The van der Waals surface area contributed by atoms with Gasteiger partial charge in [-0.1, -0.05) is 6.07 Å². The maximum Gasteiger partial charge on any atom is 0.265 e. The monoisotopic (exact) mass is 710 g/mol. The van der Waals surface area contributed by atoms with E-state index in [2.05, 4.69) is 25.8 Å². The van der Waals surface area contributed by atoms with Gasteiger partial charge in [0.05, 0.1) is 55.1 Å². The number of hydrogen-bond acceptors (Lipinski definition) is 9. The highest BCUT2D eigenvalue weighted by molar-refractivity contribution is 6.09. The molecule has 0 bridgehead atoms. The SMILES string of the molecule is CC(C)(O)c1cc(F)c2c(c1)OCCN(c1cc(F)cc(-c3ccnc4[nH]c(-c5ccc(CN6CCN(C7COC7)CC6)cn5)cc34)c1CO)C2=O. The fourth-order valence-corrected chi connectivity index (χ4v) is 7.29. The van der Waals surface area contributed by atoms with E-state index in [9.17, 15) is 15.0 Å². The third-order valence-electron chi connectivity index (χ3n) is 10.3. The van der Waals surface area contributed by atoms with Gasteiger partial charge in [0.2, 0.25) is 0 Å². The predicted octanol–water partition coefficient (Wildman–Crippen LogP) is 4.85. The number of aromatic amines is 1. The smallest absolute Gasteiger partial charge is 0.265 e. The molecule has 270 valence electrons. The molecule has 0 atom stereocenters. The van der Waals surface area contributed by atoms with Gasteiger partial charge in [-0.05, 0) is 78.6 Å². The summed E-state index contributed by atoms with van der Waals surface area (Å²) in [5, 5.41) is 21.8. The number of piperazine rings is 1. The van der Waals surface area contributed by atoms with E-state index < -0.39 is 29.7 Å². The summed E-state index contributed by atoms with van der Waals surface area (Å²) in [6, 6.07) is 13.2. The summed E-state index contributed by atoms with van der Waals surface area (Å²) in [5.41, 5.74) is 2.97. The second-order valence-corrected chi connectivity index (χ2v) is 14.2. The average molecular weight is 711 g/mol. The molecule has 6 heterocycles. The van der Waals surface area contributed by atoms with Crippen LogP contribution in [0.3, 0.4) is 0 Å². The number of aliphatic hydroxyl groups excluding tert-OH is 1. The van der Waals surface area contributed by atoms with Crippen LogP contribution in [0.1, 0.15) is 40.9 Å². The van der Waals surface area contributed by atoms with Crippen molar-refractivity contribution in [2.24, 2.45) is 0 Å². The van der Waals surface area contributed by atoms with E-state index in [-0.39, 0.29) is 41.3 Å². The lowest BCUT2D eigenvalue weighted by atomic mass is 9.95. The van der Waals surface area contributed by atoms with Crippen LogP contribution in [-0.2, 0) is 23.5 Å². The van der Waals surface area contributed by atoms with Gasteiger partial charge in [0.1, 0.15) is 35.2 Å². The van der Waals surface area contributed by atoms with E-state index in [4.69, 9.17) is 14.5 Å². The first kappa shape index (κ1) is 34.3. The fraction of sp³-hybridized carbons (Fsp3) is 0.359. The standard InChI is InChI=1S/C39H40F2N6O5/c1-39(2,50)24-13-31(41)36-35(14-24)52-12-11-47(38(36)49)34-16-25(40)15-28(30(34)20-48)27-5-6-42-37-29(27)17-33(44-37)32-4-3-23(18-43-32)19-45-7-9-46(10-8-45)26-21-51-22-26/h3-6,13-18,26,48,50H,7-12,19-22H2,1-2H3,(H,42,44). The Morgan fingerprint density at radius 3 is 2.48 bits per heavy atom. The summed E-state index contributed by atoms with van der Waals surface area (Å²) in [4.78, 5) is 32.7. The molecule has 3 aromatic heterocycles. The Morgan fingerprint density at radius 2 is 1.79 bits per heavy atom. The molecule has 5 aromatic rings. The second-order valence-electron chi connectivity index (χ2n) is 14.2. The van der Waals surface area contributed by atoms with Crippen molar-refractivity contribution < 1.29 is 33.3 Å². The molecular formula is C39H40F2N6O5. The molecule has 3 aliphatic heterocycles. The van der Waals surface area contributed by atoms with Gasteiger partial charge in [-0.3, -0.25) is 19.6 Å². The molecule has 13 heteroatoms. The minimum Gasteiger partial charge on any atom is -0.491 e. The molecule has 0 saturated carbocycles. The molecule has 3 aliphatic rings. The summed E-state index contributed by atoms with van der Waals surface area (Å²) in [6.45, 7) is 8.99. The van der Waals surface area contributed by atoms with Crippen LogP contribution in [0, 0.1) is 11.6 Å². The molecule has 0 aliphatic carbocycles. The summed E-state index contributed by atoms with van der Waals surface area (Å²) < 4.78 is 42.1. The Labute approximate surface area is 299 Å². The van der Waals surface area contributed by atoms with Crippen LogP contribution in [0.25, 0.3) is 33.5 Å². The number of ether oxygens (including phenoxy) is 2. The molecule has 3 N–H and O–H groups in total. The Kier molecular flexibility index (Phi) is 9.00. The second kappa shape index (κ2) is 13.6. The van der Waals surface area contributed by atoms with Crippen molar-refractivity contribution in [3.8, 4) is 28.3 Å². The Hall–Kier alpha value is -4.79. The summed E-state index contributed by atoms with van der Waals surface area (Å²) >= 11 is 0. The predicted molar refractivity (Wildman–Crippen MR) is 191 cm³/mol. The van der Waals surface area contributed by atoms with Crippen LogP contribution >= 0.6 is 0 Å². The number of rotatable bonds is 8. The normalized spacial score (nSPS) is 17.6. The zero-order valence-electron chi connectivity index (χ0n) is 29.0. The molecule has 2 saturated heterocycles. The maximum absolute atomic E-state index is 15.5. The lowest BCUT2D eigenvalue weighted by molar-refractivity contribution is -0.0774. The van der Waals surface area contributed by atoms with Gasteiger partial charge >= 0.3 is 0 Å². The quantitative estimate of drug-likeness (QED) is 0.207. The Morgan fingerprint density at radius 1 is 0.981 bits per heavy atom. The number of nitrogens with zero attached hydrogens (tertiary/aromatic N) is 5. The molecule has 2 fully saturated rings. The number of carbonyl (C=O) groups excluding carboxylic acids is 1. The number of pyridine rings is 2. The van der Waals surface area contributed by atoms with Crippen LogP contribution in [0.15, 0.2) is 60.9 Å². The number of fused-ring (bicyclic) bond motifs is 2. The van der Waals surface area contributed by atoms with Crippen LogP contribution in [0.2, 0.25) is 0 Å². The Balaban J connectivity index is 1.08. The van der Waals surface area contributed by atoms with Gasteiger partial charge in [0.25, 0.3) is 5.91 Å². The van der Waals surface area contributed by atoms with Gasteiger partial charge in [-0.15, -0.1) is 0 Å². The van der Waals surface area contributed by atoms with Gasteiger partial charge < -0.3 is 29.6 Å². The molecule has 1 amide bonds. The minimum atomic E-state index is -1.37. The number of amides is 1. The van der Waals surface area contributed by atoms with E-state index in [1.54, 1.807) is 12.3 Å². The Bertz CT molecular complexity index is 2140. The number of aromatic nitrogens is 3. The van der Waals surface area contributed by atoms with Gasteiger partial charge in [-0.25, -0.2) is 13.8 Å². The molecule has 11 nitrogen and oxygen atoms in total. The number of carbonyl (C=O) groups is 1. The minimum absolute atomic E-state index is 0.0119. The highest BCUT2D eigenvalue weighted by Crippen LogP contribution is 2.40. The number of H-pyrrole nitrogens is 1. The molecule has 0 radical (unpaired) electrons. The number of hydrogen-bond donors (Lipinski definition) is 3. The highest BCUT2D eigenvalue weighted by atomic mass is 19.1. The van der Waals surface area contributed by atoms with E-state index >= 15 is 8.78 Å². The highest BCUT2D eigenvalue weighted by Gasteiger charge is 2.33. The third kappa shape index (κ3) is 6.43. The number of aliphatic hydroxyl groups is 2. The number of nitrogens with one attached hydrogen (secondary N) is 1. The molecule has 0 unspecified atom stereocenters. The van der Waals surface area contributed by atoms with Crippen LogP contribution < -0.4 is 9.64 Å². The zero-order chi connectivity index (χ0) is 36.1. The largest absolute Gasteiger partial charge is 0.491 e. The maximum atomic E-state index is 15.5.